The molecule has 56 valence electrons. The summed E-state index contributed by atoms with van der Waals surface area (Å²) in [4.78, 5) is 3.98. The van der Waals surface area contributed by atoms with Gasteiger partial charge in [-0.15, -0.1) is 0 Å². The van der Waals surface area contributed by atoms with E-state index in [1.54, 1.807) is 26.2 Å². The molecule has 0 N–H and O–H groups in total. The molecule has 3 heteroatoms. The Kier molecular flexibility index (Phi) is 2.07. The van der Waals surface area contributed by atoms with Gasteiger partial charge in [-0.3, -0.25) is 0 Å². The Bertz CT molecular complexity index is 301. The lowest BCUT2D eigenvalue weighted by atomic mass is 10.3. The van der Waals surface area contributed by atoms with E-state index >= 15 is 0 Å². The van der Waals surface area contributed by atoms with Crippen molar-refractivity contribution in [3.8, 4) is 11.8 Å². The van der Waals surface area contributed by atoms with Crippen molar-refractivity contribution >= 4 is 0 Å². The molecule has 1 rings (SSSR count). The van der Waals surface area contributed by atoms with E-state index in [2.05, 4.69) is 4.98 Å². The van der Waals surface area contributed by atoms with E-state index in [0.29, 0.717) is 11.4 Å². The molecule has 0 aliphatic heterocycles. The van der Waals surface area contributed by atoms with Crippen LogP contribution in [0.2, 0.25) is 0 Å². The Morgan fingerprint density at radius 2 is 2.27 bits per heavy atom. The summed E-state index contributed by atoms with van der Waals surface area (Å²) in [6.07, 6.45) is 0. The second kappa shape index (κ2) is 3.02. The molecule has 0 atom stereocenters. The van der Waals surface area contributed by atoms with Crippen LogP contribution in [0.1, 0.15) is 11.4 Å². The van der Waals surface area contributed by atoms with Crippen molar-refractivity contribution < 1.29 is 4.74 Å². The maximum Gasteiger partial charge on any atom is 0.141 e. The summed E-state index contributed by atoms with van der Waals surface area (Å²) in [6, 6.07) is 5.32. The fourth-order valence-electron chi connectivity index (χ4n) is 0.826. The average molecular weight is 148 g/mol. The molecule has 1 aromatic heterocycles. The number of pyridine rings is 1. The van der Waals surface area contributed by atoms with Gasteiger partial charge in [0.15, 0.2) is 0 Å². The molecule has 3 nitrogen and oxygen atoms in total. The smallest absolute Gasteiger partial charge is 0.141 e. The molecule has 11 heavy (non-hydrogen) atoms. The van der Waals surface area contributed by atoms with Gasteiger partial charge in [-0.05, 0) is 19.1 Å². The Morgan fingerprint density at radius 3 is 2.73 bits per heavy atom. The van der Waals surface area contributed by atoms with Crippen LogP contribution in [0.25, 0.3) is 0 Å². The molecule has 0 aliphatic carbocycles. The van der Waals surface area contributed by atoms with E-state index in [-0.39, 0.29) is 0 Å². The van der Waals surface area contributed by atoms with Gasteiger partial charge < -0.3 is 4.74 Å². The van der Waals surface area contributed by atoms with Crippen molar-refractivity contribution in [1.29, 1.82) is 5.26 Å². The van der Waals surface area contributed by atoms with Crippen LogP contribution in [0.5, 0.6) is 5.75 Å². The van der Waals surface area contributed by atoms with Crippen molar-refractivity contribution in [1.82, 2.24) is 4.98 Å². The van der Waals surface area contributed by atoms with E-state index in [0.717, 1.165) is 5.69 Å². The minimum absolute atomic E-state index is 0.420. The molecule has 0 amide bonds. The van der Waals surface area contributed by atoms with Gasteiger partial charge in [-0.2, -0.15) is 5.26 Å². The number of nitrogens with zero attached hydrogens (tertiary/aromatic N) is 2. The molecule has 1 aromatic rings. The third kappa shape index (κ3) is 1.47. The predicted molar refractivity (Wildman–Crippen MR) is 40.2 cm³/mol. The fourth-order valence-corrected chi connectivity index (χ4v) is 0.826. The first-order valence-corrected chi connectivity index (χ1v) is 3.19. The van der Waals surface area contributed by atoms with Gasteiger partial charge in [-0.1, -0.05) is 0 Å². The Hall–Kier alpha value is -1.56. The highest BCUT2D eigenvalue weighted by Gasteiger charge is 1.99. The van der Waals surface area contributed by atoms with E-state index in [9.17, 15) is 0 Å². The molecular formula is C8H8N2O. The summed E-state index contributed by atoms with van der Waals surface area (Å²) < 4.78 is 4.97. The maximum absolute atomic E-state index is 8.47. The summed E-state index contributed by atoms with van der Waals surface area (Å²) >= 11 is 0. The number of ether oxygens (including phenoxy) is 1. The summed E-state index contributed by atoms with van der Waals surface area (Å²) in [5, 5.41) is 8.47. The molecule has 0 fully saturated rings. The van der Waals surface area contributed by atoms with Crippen molar-refractivity contribution in [3.63, 3.8) is 0 Å². The fraction of sp³-hybridized carbons (Fsp3) is 0.250. The van der Waals surface area contributed by atoms with Gasteiger partial charge in [0.05, 0.1) is 12.8 Å². The van der Waals surface area contributed by atoms with E-state index in [1.165, 1.54) is 0 Å². The molecule has 0 saturated carbocycles. The summed E-state index contributed by atoms with van der Waals surface area (Å²) in [7, 11) is 1.58. The summed E-state index contributed by atoms with van der Waals surface area (Å²) in [5.41, 5.74) is 1.16. The highest BCUT2D eigenvalue weighted by atomic mass is 16.5. The first-order valence-electron chi connectivity index (χ1n) is 3.19. The lowest BCUT2D eigenvalue weighted by molar-refractivity contribution is 0.409. The van der Waals surface area contributed by atoms with Gasteiger partial charge in [-0.25, -0.2) is 4.98 Å². The number of aromatic nitrogens is 1. The summed E-state index contributed by atoms with van der Waals surface area (Å²) in [6.45, 7) is 1.81. The van der Waals surface area contributed by atoms with E-state index < -0.39 is 0 Å². The largest absolute Gasteiger partial charge is 0.495 e. The van der Waals surface area contributed by atoms with E-state index in [4.69, 9.17) is 10.00 Å². The van der Waals surface area contributed by atoms with Crippen molar-refractivity contribution in [2.45, 2.75) is 6.92 Å². The number of methoxy groups -OCH3 is 1. The number of hydrogen-bond acceptors (Lipinski definition) is 3. The van der Waals surface area contributed by atoms with Crippen LogP contribution in [0.3, 0.4) is 0 Å². The Labute approximate surface area is 65.3 Å². The minimum Gasteiger partial charge on any atom is -0.495 e. The van der Waals surface area contributed by atoms with Gasteiger partial charge in [0.1, 0.15) is 17.5 Å². The molecule has 0 spiro atoms. The molecule has 1 heterocycles. The minimum atomic E-state index is 0.420. The lowest BCUT2D eigenvalue weighted by Crippen LogP contribution is -1.91. The van der Waals surface area contributed by atoms with Crippen LogP contribution in [-0.2, 0) is 0 Å². The third-order valence-corrected chi connectivity index (χ3v) is 1.37. The lowest BCUT2D eigenvalue weighted by Gasteiger charge is -2.01. The molecule has 0 unspecified atom stereocenters. The quantitative estimate of drug-likeness (QED) is 0.602. The van der Waals surface area contributed by atoms with Crippen LogP contribution < -0.4 is 4.74 Å². The molecule has 0 aromatic carbocycles. The number of hydrogen-bond donors (Lipinski definition) is 0. The normalized spacial score (nSPS) is 8.82. The first-order chi connectivity index (χ1) is 5.27. The van der Waals surface area contributed by atoms with Crippen LogP contribution in [-0.4, -0.2) is 12.1 Å². The summed E-state index contributed by atoms with van der Waals surface area (Å²) in [5.74, 6) is 0.712. The van der Waals surface area contributed by atoms with Crippen LogP contribution in [0.15, 0.2) is 12.1 Å². The van der Waals surface area contributed by atoms with Crippen LogP contribution in [0.4, 0.5) is 0 Å². The SMILES string of the molecule is COc1ccc(C#N)nc1C. The standard InChI is InChI=1S/C8H8N2O/c1-6-8(11-2)4-3-7(5-9)10-6/h3-4H,1-2H3. The maximum atomic E-state index is 8.47. The van der Waals surface area contributed by atoms with Crippen LogP contribution >= 0.6 is 0 Å². The second-order valence-electron chi connectivity index (χ2n) is 2.10. The number of rotatable bonds is 1. The molecule has 0 saturated heterocycles. The number of nitriles is 1. The molecule has 0 bridgehead atoms. The average Bonchev–Trinajstić information content (AvgIpc) is 2.04. The molecular weight excluding hydrogens is 140 g/mol. The topological polar surface area (TPSA) is 45.9 Å². The van der Waals surface area contributed by atoms with E-state index in [1.807, 2.05) is 6.07 Å². The number of aryl methyl sites for hydroxylation is 1. The molecule has 0 aliphatic rings. The van der Waals surface area contributed by atoms with Crippen LogP contribution in [0, 0.1) is 18.3 Å². The zero-order valence-corrected chi connectivity index (χ0v) is 6.46. The predicted octanol–water partition coefficient (Wildman–Crippen LogP) is 1.27. The Morgan fingerprint density at radius 1 is 1.55 bits per heavy atom. The first kappa shape index (κ1) is 7.55. The highest BCUT2D eigenvalue weighted by Crippen LogP contribution is 2.13. The monoisotopic (exact) mass is 148 g/mol. The van der Waals surface area contributed by atoms with Gasteiger partial charge in [0.2, 0.25) is 0 Å². The zero-order chi connectivity index (χ0) is 8.27. The van der Waals surface area contributed by atoms with Gasteiger partial charge in [0, 0.05) is 0 Å². The third-order valence-electron chi connectivity index (χ3n) is 1.37. The second-order valence-corrected chi connectivity index (χ2v) is 2.10. The Balaban J connectivity index is 3.12. The van der Waals surface area contributed by atoms with Gasteiger partial charge in [0.25, 0.3) is 0 Å². The molecule has 0 radical (unpaired) electrons. The highest BCUT2D eigenvalue weighted by molar-refractivity contribution is 5.32. The van der Waals surface area contributed by atoms with Crippen molar-refractivity contribution in [3.05, 3.63) is 23.5 Å². The van der Waals surface area contributed by atoms with Crippen molar-refractivity contribution in [2.24, 2.45) is 0 Å². The van der Waals surface area contributed by atoms with Gasteiger partial charge >= 0.3 is 0 Å². The zero-order valence-electron chi connectivity index (χ0n) is 6.46. The van der Waals surface area contributed by atoms with Crippen molar-refractivity contribution in [2.75, 3.05) is 7.11 Å².